The van der Waals surface area contributed by atoms with E-state index in [1.165, 1.54) is 6.42 Å². The monoisotopic (exact) mass is 326 g/mol. The molecule has 0 unspecified atom stereocenters. The number of benzene rings is 1. The average molecular weight is 327 g/mol. The summed E-state index contributed by atoms with van der Waals surface area (Å²) in [7, 11) is 0. The maximum atomic E-state index is 12.8. The van der Waals surface area contributed by atoms with E-state index in [4.69, 9.17) is 28.9 Å². The van der Waals surface area contributed by atoms with E-state index in [0.717, 1.165) is 43.2 Å². The zero-order valence-corrected chi connectivity index (χ0v) is 13.5. The van der Waals surface area contributed by atoms with Crippen LogP contribution < -0.4 is 5.73 Å². The van der Waals surface area contributed by atoms with Crippen molar-refractivity contribution in [1.29, 1.82) is 0 Å². The Hall–Kier alpha value is -0.770. The van der Waals surface area contributed by atoms with Gasteiger partial charge in [-0.2, -0.15) is 0 Å². The van der Waals surface area contributed by atoms with E-state index in [0.29, 0.717) is 23.1 Å². The van der Waals surface area contributed by atoms with Crippen LogP contribution in [-0.2, 0) is 17.8 Å². The summed E-state index contributed by atoms with van der Waals surface area (Å²) in [4.78, 5) is 14.7. The molecule has 0 saturated heterocycles. The highest BCUT2D eigenvalue weighted by molar-refractivity contribution is 6.35. The second-order valence-corrected chi connectivity index (χ2v) is 7.06. The minimum Gasteiger partial charge on any atom is -0.336 e. The second kappa shape index (κ2) is 5.79. The van der Waals surface area contributed by atoms with Crippen LogP contribution in [0.2, 0.25) is 10.0 Å². The number of hydrogen-bond donors (Lipinski definition) is 1. The molecule has 0 radical (unpaired) electrons. The number of fused-ring (bicyclic) bond motifs is 1. The Morgan fingerprint density at radius 1 is 1.19 bits per heavy atom. The lowest BCUT2D eigenvalue weighted by Gasteiger charge is -2.39. The van der Waals surface area contributed by atoms with Crippen molar-refractivity contribution in [1.82, 2.24) is 4.90 Å². The third-order valence-corrected chi connectivity index (χ3v) is 5.27. The van der Waals surface area contributed by atoms with Crippen LogP contribution in [0.5, 0.6) is 0 Å². The number of nitrogens with two attached hydrogens (primary N) is 1. The minimum atomic E-state index is -0.672. The Balaban J connectivity index is 1.81. The molecule has 3 rings (SSSR count). The standard InChI is InChI=1S/C16H20Cl2N2O/c17-12-8-11-4-7-20(10-13(11)14(18)9-12)15(21)16(19)5-2-1-3-6-16/h8-9H,1-7,10,19H2. The molecule has 1 heterocycles. The Kier molecular flexibility index (Phi) is 4.17. The number of amides is 1. The Labute approximate surface area is 135 Å². The predicted molar refractivity (Wildman–Crippen MR) is 85.6 cm³/mol. The van der Waals surface area contributed by atoms with Crippen molar-refractivity contribution in [3.05, 3.63) is 33.3 Å². The fourth-order valence-electron chi connectivity index (χ4n) is 3.47. The molecule has 1 fully saturated rings. The number of halogens is 2. The Bertz CT molecular complexity index is 568. The SMILES string of the molecule is NC1(C(=O)N2CCc3cc(Cl)cc(Cl)c3C2)CCCCC1. The maximum Gasteiger partial charge on any atom is 0.242 e. The molecule has 114 valence electrons. The number of carbonyl (C=O) groups is 1. The van der Waals surface area contributed by atoms with Crippen molar-refractivity contribution in [2.24, 2.45) is 5.73 Å². The molecular weight excluding hydrogens is 307 g/mol. The minimum absolute atomic E-state index is 0.0823. The van der Waals surface area contributed by atoms with Gasteiger partial charge in [0, 0.05) is 23.1 Å². The van der Waals surface area contributed by atoms with Crippen LogP contribution in [0.3, 0.4) is 0 Å². The third kappa shape index (κ3) is 2.92. The zero-order chi connectivity index (χ0) is 15.0. The van der Waals surface area contributed by atoms with Crippen molar-refractivity contribution in [2.75, 3.05) is 6.54 Å². The lowest BCUT2D eigenvalue weighted by atomic mass is 9.81. The van der Waals surface area contributed by atoms with Crippen LogP contribution in [0, 0.1) is 0 Å². The van der Waals surface area contributed by atoms with Crippen LogP contribution in [0.15, 0.2) is 12.1 Å². The average Bonchev–Trinajstić information content (AvgIpc) is 2.47. The Morgan fingerprint density at radius 3 is 2.62 bits per heavy atom. The molecule has 0 aromatic heterocycles. The maximum absolute atomic E-state index is 12.8. The summed E-state index contributed by atoms with van der Waals surface area (Å²) in [5.74, 6) is 0.0823. The topological polar surface area (TPSA) is 46.3 Å². The second-order valence-electron chi connectivity index (χ2n) is 6.22. The van der Waals surface area contributed by atoms with Gasteiger partial charge in [0.2, 0.25) is 5.91 Å². The molecule has 1 amide bonds. The summed E-state index contributed by atoms with van der Waals surface area (Å²) in [5, 5.41) is 1.30. The molecule has 0 bridgehead atoms. The molecule has 1 aromatic carbocycles. The molecule has 1 aliphatic carbocycles. The van der Waals surface area contributed by atoms with Crippen LogP contribution >= 0.6 is 23.2 Å². The highest BCUT2D eigenvalue weighted by Gasteiger charge is 2.39. The van der Waals surface area contributed by atoms with Gasteiger partial charge in [-0.25, -0.2) is 0 Å². The molecular formula is C16H20Cl2N2O. The van der Waals surface area contributed by atoms with Crippen LogP contribution in [-0.4, -0.2) is 22.9 Å². The number of rotatable bonds is 1. The van der Waals surface area contributed by atoms with Crippen molar-refractivity contribution in [2.45, 2.75) is 50.6 Å². The molecule has 1 aliphatic heterocycles. The van der Waals surface area contributed by atoms with E-state index in [2.05, 4.69) is 0 Å². The fourth-order valence-corrected chi connectivity index (χ4v) is 4.06. The lowest BCUT2D eigenvalue weighted by molar-refractivity contribution is -0.139. The molecule has 2 N–H and O–H groups in total. The van der Waals surface area contributed by atoms with Gasteiger partial charge < -0.3 is 10.6 Å². The van der Waals surface area contributed by atoms with Crippen molar-refractivity contribution < 1.29 is 4.79 Å². The smallest absolute Gasteiger partial charge is 0.242 e. The molecule has 0 atom stereocenters. The van der Waals surface area contributed by atoms with Crippen molar-refractivity contribution in [3.63, 3.8) is 0 Å². The summed E-state index contributed by atoms with van der Waals surface area (Å²) in [6.07, 6.45) is 5.65. The van der Waals surface area contributed by atoms with Crippen LogP contribution in [0.4, 0.5) is 0 Å². The highest BCUT2D eigenvalue weighted by Crippen LogP contribution is 2.33. The summed E-state index contributed by atoms with van der Waals surface area (Å²) in [5.41, 5.74) is 7.86. The number of carbonyl (C=O) groups excluding carboxylic acids is 1. The van der Waals surface area contributed by atoms with E-state index in [1.54, 1.807) is 6.07 Å². The first-order valence-corrected chi connectivity index (χ1v) is 8.30. The van der Waals surface area contributed by atoms with Crippen molar-refractivity contribution in [3.8, 4) is 0 Å². The first kappa shape index (κ1) is 15.1. The molecule has 5 heteroatoms. The fraction of sp³-hybridized carbons (Fsp3) is 0.562. The zero-order valence-electron chi connectivity index (χ0n) is 12.0. The van der Waals surface area contributed by atoms with Crippen molar-refractivity contribution >= 4 is 29.1 Å². The molecule has 21 heavy (non-hydrogen) atoms. The van der Waals surface area contributed by atoms with Gasteiger partial charge in [-0.1, -0.05) is 42.5 Å². The highest BCUT2D eigenvalue weighted by atomic mass is 35.5. The summed E-state index contributed by atoms with van der Waals surface area (Å²) >= 11 is 12.3. The van der Waals surface area contributed by atoms with Gasteiger partial charge in [0.05, 0.1) is 5.54 Å². The van der Waals surface area contributed by atoms with E-state index in [-0.39, 0.29) is 5.91 Å². The molecule has 1 saturated carbocycles. The predicted octanol–water partition coefficient (Wildman–Crippen LogP) is 3.54. The first-order chi connectivity index (χ1) is 9.99. The largest absolute Gasteiger partial charge is 0.336 e. The van der Waals surface area contributed by atoms with Crippen LogP contribution in [0.25, 0.3) is 0 Å². The van der Waals surface area contributed by atoms with Crippen LogP contribution in [0.1, 0.15) is 43.2 Å². The number of hydrogen-bond acceptors (Lipinski definition) is 2. The van der Waals surface area contributed by atoms with Gasteiger partial charge in [-0.05, 0) is 42.5 Å². The van der Waals surface area contributed by atoms with Gasteiger partial charge >= 0.3 is 0 Å². The quantitative estimate of drug-likeness (QED) is 0.857. The normalized spacial score (nSPS) is 21.0. The molecule has 2 aliphatic rings. The molecule has 3 nitrogen and oxygen atoms in total. The van der Waals surface area contributed by atoms with Gasteiger partial charge in [0.25, 0.3) is 0 Å². The third-order valence-electron chi connectivity index (χ3n) is 4.71. The van der Waals surface area contributed by atoms with Gasteiger partial charge in [-0.15, -0.1) is 0 Å². The van der Waals surface area contributed by atoms with Gasteiger partial charge in [0.1, 0.15) is 0 Å². The lowest BCUT2D eigenvalue weighted by Crippen LogP contribution is -2.57. The summed E-state index contributed by atoms with van der Waals surface area (Å²) in [6.45, 7) is 1.24. The van der Waals surface area contributed by atoms with Gasteiger partial charge in [0.15, 0.2) is 0 Å². The van der Waals surface area contributed by atoms with E-state index >= 15 is 0 Å². The van der Waals surface area contributed by atoms with Gasteiger partial charge in [-0.3, -0.25) is 4.79 Å². The summed E-state index contributed by atoms with van der Waals surface area (Å²) < 4.78 is 0. The van der Waals surface area contributed by atoms with E-state index < -0.39 is 5.54 Å². The summed E-state index contributed by atoms with van der Waals surface area (Å²) in [6, 6.07) is 3.69. The number of nitrogens with zero attached hydrogens (tertiary/aromatic N) is 1. The molecule has 1 aromatic rings. The van der Waals surface area contributed by atoms with E-state index in [1.807, 2.05) is 11.0 Å². The molecule has 0 spiro atoms. The van der Waals surface area contributed by atoms with E-state index in [9.17, 15) is 4.79 Å². The Morgan fingerprint density at radius 2 is 1.90 bits per heavy atom. The first-order valence-electron chi connectivity index (χ1n) is 7.55.